The first-order valence-corrected chi connectivity index (χ1v) is 6.31. The van der Waals surface area contributed by atoms with Crippen molar-refractivity contribution in [2.45, 2.75) is 31.2 Å². The first kappa shape index (κ1) is 16.4. The summed E-state index contributed by atoms with van der Waals surface area (Å²) in [6, 6.07) is 0. The zero-order valence-electron chi connectivity index (χ0n) is 10.8. The van der Waals surface area contributed by atoms with E-state index in [0.29, 0.717) is 5.17 Å². The highest BCUT2D eigenvalue weighted by atomic mass is 32.1. The Morgan fingerprint density at radius 1 is 1.53 bits per heavy atom. The SMILES string of the molecule is CN(C)C(S)=[N+]=CC1COC(C(O)C(F)F)CC1O. The van der Waals surface area contributed by atoms with Gasteiger partial charge >= 0.3 is 5.17 Å². The summed E-state index contributed by atoms with van der Waals surface area (Å²) in [5.74, 6) is -0.400. The predicted octanol–water partition coefficient (Wildman–Crippen LogP) is -0.636. The molecule has 5 nitrogen and oxygen atoms in total. The van der Waals surface area contributed by atoms with Gasteiger partial charge in [-0.25, -0.2) is 18.3 Å². The number of aliphatic hydroxyl groups is 2. The minimum absolute atomic E-state index is 0.0353. The second-order valence-electron chi connectivity index (χ2n) is 4.64. The maximum atomic E-state index is 12.3. The summed E-state index contributed by atoms with van der Waals surface area (Å²) >= 11 is 4.11. The van der Waals surface area contributed by atoms with Gasteiger partial charge in [-0.1, -0.05) is 0 Å². The number of thiol groups is 1. The average Bonchev–Trinajstić information content (AvgIpc) is 2.35. The molecule has 0 aliphatic carbocycles. The largest absolute Gasteiger partial charge is 0.402 e. The highest BCUT2D eigenvalue weighted by molar-refractivity contribution is 7.96. The lowest BCUT2D eigenvalue weighted by molar-refractivity contribution is -0.146. The van der Waals surface area contributed by atoms with Crippen molar-refractivity contribution >= 4 is 24.0 Å². The van der Waals surface area contributed by atoms with E-state index >= 15 is 0 Å². The second kappa shape index (κ2) is 7.21. The zero-order chi connectivity index (χ0) is 14.6. The van der Waals surface area contributed by atoms with Crippen molar-refractivity contribution in [3.05, 3.63) is 0 Å². The standard InChI is InChI=1S/C11H18F2N2O3S/c1-15(2)11(19)14-4-6-5-18-8(3-7(6)16)9(17)10(12)13/h4,6-10,16-17H,3,5H2,1-2H3/p+1. The molecular weight excluding hydrogens is 278 g/mol. The van der Waals surface area contributed by atoms with Crippen LogP contribution in [-0.2, 0) is 4.74 Å². The van der Waals surface area contributed by atoms with Crippen LogP contribution in [0.3, 0.4) is 0 Å². The molecule has 1 heterocycles. The molecule has 0 aromatic heterocycles. The maximum Gasteiger partial charge on any atom is 0.402 e. The summed E-state index contributed by atoms with van der Waals surface area (Å²) in [5, 5.41) is 19.5. The van der Waals surface area contributed by atoms with Gasteiger partial charge in [0.1, 0.15) is 6.10 Å². The molecule has 4 atom stereocenters. The Kier molecular flexibility index (Phi) is 6.22. The fourth-order valence-corrected chi connectivity index (χ4v) is 1.71. The fraction of sp³-hybridized carbons (Fsp3) is 0.818. The van der Waals surface area contributed by atoms with Crippen molar-refractivity contribution in [2.24, 2.45) is 5.92 Å². The molecule has 0 bridgehead atoms. The van der Waals surface area contributed by atoms with Crippen LogP contribution in [0.15, 0.2) is 0 Å². The van der Waals surface area contributed by atoms with Crippen molar-refractivity contribution in [2.75, 3.05) is 20.7 Å². The molecular formula is C11H19F2N2O3S+. The van der Waals surface area contributed by atoms with E-state index in [2.05, 4.69) is 17.3 Å². The summed E-state index contributed by atoms with van der Waals surface area (Å²) in [4.78, 5) is 1.68. The first-order valence-electron chi connectivity index (χ1n) is 5.86. The molecule has 110 valence electrons. The number of rotatable bonds is 3. The molecule has 0 saturated carbocycles. The van der Waals surface area contributed by atoms with E-state index in [1.807, 2.05) is 0 Å². The highest BCUT2D eigenvalue weighted by Gasteiger charge is 2.37. The van der Waals surface area contributed by atoms with Crippen LogP contribution < -0.4 is 4.67 Å². The van der Waals surface area contributed by atoms with Crippen LogP contribution in [0.1, 0.15) is 6.42 Å². The van der Waals surface area contributed by atoms with Crippen LogP contribution in [0, 0.1) is 5.92 Å². The third-order valence-corrected chi connectivity index (χ3v) is 3.41. The van der Waals surface area contributed by atoms with Crippen molar-refractivity contribution in [3.8, 4) is 0 Å². The Morgan fingerprint density at radius 2 is 2.16 bits per heavy atom. The van der Waals surface area contributed by atoms with Crippen LogP contribution in [0.5, 0.6) is 0 Å². The number of aliphatic hydroxyl groups excluding tert-OH is 2. The smallest absolute Gasteiger partial charge is 0.392 e. The Bertz CT molecular complexity index is 362. The number of amidine groups is 1. The monoisotopic (exact) mass is 297 g/mol. The lowest BCUT2D eigenvalue weighted by Crippen LogP contribution is -2.46. The summed E-state index contributed by atoms with van der Waals surface area (Å²) in [7, 11) is 3.53. The molecule has 0 aromatic carbocycles. The summed E-state index contributed by atoms with van der Waals surface area (Å²) in [5.41, 5.74) is 0. The van der Waals surface area contributed by atoms with E-state index in [1.165, 1.54) is 6.21 Å². The highest BCUT2D eigenvalue weighted by Crippen LogP contribution is 2.23. The molecule has 1 aliphatic rings. The molecule has 4 unspecified atom stereocenters. The van der Waals surface area contributed by atoms with Crippen molar-refractivity contribution in [3.63, 3.8) is 0 Å². The van der Waals surface area contributed by atoms with Crippen LogP contribution >= 0.6 is 12.6 Å². The number of alkyl halides is 2. The predicted molar refractivity (Wildman–Crippen MR) is 71.7 cm³/mol. The normalized spacial score (nSPS) is 28.7. The van der Waals surface area contributed by atoms with E-state index in [4.69, 9.17) is 4.74 Å². The van der Waals surface area contributed by atoms with Crippen molar-refractivity contribution < 1.29 is 23.7 Å². The quantitative estimate of drug-likeness (QED) is 0.281. The molecule has 0 aromatic rings. The molecule has 1 rings (SSSR count). The molecule has 19 heavy (non-hydrogen) atoms. The topological polar surface area (TPSA) is 67.0 Å². The molecule has 0 spiro atoms. The van der Waals surface area contributed by atoms with E-state index in [0.717, 1.165) is 0 Å². The van der Waals surface area contributed by atoms with Gasteiger partial charge < -0.3 is 14.9 Å². The first-order chi connectivity index (χ1) is 8.82. The van der Waals surface area contributed by atoms with Gasteiger partial charge in [0.25, 0.3) is 6.43 Å². The number of hydrogen-bond donors (Lipinski definition) is 3. The molecule has 0 amide bonds. The van der Waals surface area contributed by atoms with Gasteiger partial charge in [0.05, 0.1) is 38.8 Å². The summed E-state index contributed by atoms with van der Waals surface area (Å²) in [6.45, 7) is 0.0353. The molecule has 1 aliphatic heterocycles. The maximum absolute atomic E-state index is 12.3. The Hall–Kier alpha value is -0.660. The minimum atomic E-state index is -2.88. The molecule has 0 radical (unpaired) electrons. The average molecular weight is 297 g/mol. The second-order valence-corrected chi connectivity index (χ2v) is 5.04. The molecule has 1 saturated heterocycles. The third kappa shape index (κ3) is 4.74. The van der Waals surface area contributed by atoms with Crippen molar-refractivity contribution in [1.82, 2.24) is 9.57 Å². The van der Waals surface area contributed by atoms with E-state index in [-0.39, 0.29) is 13.0 Å². The number of halogens is 2. The van der Waals surface area contributed by atoms with Gasteiger partial charge in [-0.3, -0.25) is 0 Å². The zero-order valence-corrected chi connectivity index (χ0v) is 11.7. The number of ether oxygens (including phenoxy) is 1. The van der Waals surface area contributed by atoms with E-state index in [1.54, 1.807) is 19.0 Å². The van der Waals surface area contributed by atoms with Gasteiger partial charge in [-0.2, -0.15) is 0 Å². The number of nitrogens with zero attached hydrogens (tertiary/aromatic N) is 2. The lowest BCUT2D eigenvalue weighted by atomic mass is 9.94. The molecule has 8 heteroatoms. The lowest BCUT2D eigenvalue weighted by Gasteiger charge is -2.32. The summed E-state index contributed by atoms with van der Waals surface area (Å²) in [6.07, 6.45) is -5.24. The van der Waals surface area contributed by atoms with E-state index in [9.17, 15) is 19.0 Å². The Morgan fingerprint density at radius 3 is 2.63 bits per heavy atom. The summed E-state index contributed by atoms with van der Waals surface area (Å²) < 4.78 is 33.8. The van der Waals surface area contributed by atoms with Crippen LogP contribution in [0.4, 0.5) is 8.78 Å². The van der Waals surface area contributed by atoms with Gasteiger partial charge in [0.2, 0.25) is 0 Å². The van der Waals surface area contributed by atoms with Crippen LogP contribution in [0.25, 0.3) is 0 Å². The Labute approximate surface area is 116 Å². The van der Waals surface area contributed by atoms with Gasteiger partial charge in [-0.05, 0) is 12.6 Å². The van der Waals surface area contributed by atoms with Crippen LogP contribution in [-0.4, -0.2) is 71.9 Å². The van der Waals surface area contributed by atoms with E-state index < -0.39 is 30.7 Å². The third-order valence-electron chi connectivity index (χ3n) is 2.89. The van der Waals surface area contributed by atoms with Gasteiger partial charge in [0.15, 0.2) is 6.21 Å². The van der Waals surface area contributed by atoms with Crippen molar-refractivity contribution in [1.29, 1.82) is 0 Å². The fourth-order valence-electron chi connectivity index (χ4n) is 1.65. The minimum Gasteiger partial charge on any atom is -0.392 e. The van der Waals surface area contributed by atoms with Gasteiger partial charge in [-0.15, -0.1) is 0 Å². The molecule has 2 N–H and O–H groups in total. The number of hydrogen-bond acceptors (Lipinski definition) is 3. The Balaban J connectivity index is 2.63. The molecule has 1 fully saturated rings. The van der Waals surface area contributed by atoms with Gasteiger partial charge in [0, 0.05) is 6.42 Å². The van der Waals surface area contributed by atoms with Crippen LogP contribution in [0.2, 0.25) is 0 Å².